The van der Waals surface area contributed by atoms with E-state index in [1.54, 1.807) is 0 Å². The van der Waals surface area contributed by atoms with Crippen molar-refractivity contribution in [1.82, 2.24) is 14.5 Å². The lowest BCUT2D eigenvalue weighted by Crippen LogP contribution is -1.97. The zero-order valence-corrected chi connectivity index (χ0v) is 23.7. The Morgan fingerprint density at radius 1 is 0.455 bits per heavy atom. The largest absolute Gasteiger partial charge is 0.456 e. The topological polar surface area (TPSA) is 43.9 Å². The van der Waals surface area contributed by atoms with Crippen molar-refractivity contribution in [2.24, 2.45) is 0 Å². The predicted octanol–water partition coefficient (Wildman–Crippen LogP) is 10.5. The maximum atomic E-state index is 6.29. The Balaban J connectivity index is 1.25. The molecule has 4 nitrogen and oxygen atoms in total. The van der Waals surface area contributed by atoms with Gasteiger partial charge in [0, 0.05) is 38.5 Å². The van der Waals surface area contributed by atoms with Crippen molar-refractivity contribution in [2.45, 2.75) is 0 Å². The first kappa shape index (κ1) is 24.6. The number of hydrogen-bond acceptors (Lipinski definition) is 3. The Labute approximate surface area is 253 Å². The van der Waals surface area contributed by atoms with Gasteiger partial charge in [-0.25, -0.2) is 9.97 Å². The smallest absolute Gasteiger partial charge is 0.160 e. The van der Waals surface area contributed by atoms with E-state index in [1.807, 2.05) is 48.5 Å². The van der Waals surface area contributed by atoms with Crippen LogP contribution in [0.4, 0.5) is 0 Å². The first-order chi connectivity index (χ1) is 21.8. The summed E-state index contributed by atoms with van der Waals surface area (Å²) in [5, 5.41) is 4.67. The first-order valence-corrected chi connectivity index (χ1v) is 14.8. The van der Waals surface area contributed by atoms with Gasteiger partial charge in [-0.3, -0.25) is 0 Å². The molecule has 0 fully saturated rings. The van der Waals surface area contributed by atoms with E-state index in [-0.39, 0.29) is 0 Å². The molecule has 0 atom stereocenters. The van der Waals surface area contributed by atoms with Gasteiger partial charge in [0.2, 0.25) is 0 Å². The number of fused-ring (bicyclic) bond motifs is 7. The van der Waals surface area contributed by atoms with Crippen molar-refractivity contribution in [3.8, 4) is 39.6 Å². The molecule has 3 aromatic heterocycles. The van der Waals surface area contributed by atoms with Gasteiger partial charge >= 0.3 is 0 Å². The summed E-state index contributed by atoms with van der Waals surface area (Å²) >= 11 is 0. The Morgan fingerprint density at radius 2 is 1.07 bits per heavy atom. The van der Waals surface area contributed by atoms with Crippen molar-refractivity contribution in [1.29, 1.82) is 0 Å². The van der Waals surface area contributed by atoms with Gasteiger partial charge in [-0.2, -0.15) is 0 Å². The Bertz CT molecular complexity index is 2420. The molecule has 44 heavy (non-hydrogen) atoms. The second-order valence-electron chi connectivity index (χ2n) is 11.0. The summed E-state index contributed by atoms with van der Waals surface area (Å²) < 4.78 is 8.65. The summed E-state index contributed by atoms with van der Waals surface area (Å²) in [6, 6.07) is 52.4. The average molecular weight is 564 g/mol. The van der Waals surface area contributed by atoms with Crippen LogP contribution >= 0.6 is 0 Å². The number of para-hydroxylation sites is 2. The van der Waals surface area contributed by atoms with Crippen LogP contribution in [0.1, 0.15) is 0 Å². The summed E-state index contributed by atoms with van der Waals surface area (Å²) in [6.45, 7) is 0. The van der Waals surface area contributed by atoms with Crippen LogP contribution in [0.5, 0.6) is 0 Å². The maximum Gasteiger partial charge on any atom is 0.160 e. The van der Waals surface area contributed by atoms with Crippen LogP contribution in [-0.4, -0.2) is 14.5 Å². The summed E-state index contributed by atoms with van der Waals surface area (Å²) in [5.74, 6) is 0.696. The van der Waals surface area contributed by atoms with Crippen LogP contribution < -0.4 is 0 Å². The monoisotopic (exact) mass is 563 g/mol. The number of aromatic nitrogens is 3. The second kappa shape index (κ2) is 9.79. The molecule has 0 spiro atoms. The van der Waals surface area contributed by atoms with Crippen molar-refractivity contribution in [2.75, 3.05) is 0 Å². The van der Waals surface area contributed by atoms with Crippen molar-refractivity contribution in [3.63, 3.8) is 0 Å². The lowest BCUT2D eigenvalue weighted by Gasteiger charge is -2.11. The van der Waals surface area contributed by atoms with Crippen LogP contribution in [0.15, 0.2) is 156 Å². The molecular weight excluding hydrogens is 538 g/mol. The number of nitrogens with zero attached hydrogens (tertiary/aromatic N) is 3. The molecule has 0 bridgehead atoms. The summed E-state index contributed by atoms with van der Waals surface area (Å²) in [5.41, 5.74) is 10.0. The fraction of sp³-hybridized carbons (Fsp3) is 0. The van der Waals surface area contributed by atoms with Crippen LogP contribution in [0.2, 0.25) is 0 Å². The molecule has 3 heterocycles. The normalized spacial score (nSPS) is 11.6. The highest BCUT2D eigenvalue weighted by Gasteiger charge is 2.19. The van der Waals surface area contributed by atoms with Gasteiger partial charge in [-0.05, 0) is 54.6 Å². The molecule has 206 valence electrons. The minimum absolute atomic E-state index is 0.696. The molecule has 4 heteroatoms. The number of rotatable bonds is 4. The molecular formula is C40H25N3O. The van der Waals surface area contributed by atoms with E-state index in [2.05, 4.69) is 108 Å². The predicted molar refractivity (Wildman–Crippen MR) is 180 cm³/mol. The number of benzene rings is 6. The van der Waals surface area contributed by atoms with E-state index in [9.17, 15) is 0 Å². The van der Waals surface area contributed by atoms with Crippen LogP contribution in [-0.2, 0) is 0 Å². The highest BCUT2D eigenvalue weighted by Crippen LogP contribution is 2.41. The second-order valence-corrected chi connectivity index (χ2v) is 11.0. The van der Waals surface area contributed by atoms with E-state index in [4.69, 9.17) is 14.4 Å². The van der Waals surface area contributed by atoms with E-state index in [0.29, 0.717) is 5.82 Å². The summed E-state index contributed by atoms with van der Waals surface area (Å²) in [4.78, 5) is 10.1. The SMILES string of the molecule is c1ccc(-c2cc(-c3ccccc3)nc(-c3ccc(-n4c5ccccc5c5ccc6oc7ccccc7c6c54)cc3)n2)cc1. The molecule has 0 saturated carbocycles. The summed E-state index contributed by atoms with van der Waals surface area (Å²) in [6.07, 6.45) is 0. The lowest BCUT2D eigenvalue weighted by molar-refractivity contribution is 0.669. The van der Waals surface area contributed by atoms with Crippen LogP contribution in [0.25, 0.3) is 83.3 Å². The first-order valence-electron chi connectivity index (χ1n) is 14.8. The number of furan rings is 1. The van der Waals surface area contributed by atoms with Crippen LogP contribution in [0, 0.1) is 0 Å². The third kappa shape index (κ3) is 3.85. The molecule has 0 aliphatic rings. The standard InChI is InChI=1S/C40H25N3O/c1-3-11-26(12-4-1)33-25-34(27-13-5-2-6-14-27)42-40(41-33)28-19-21-29(22-20-28)43-35-17-9-7-15-30(35)31-23-24-37-38(39(31)43)32-16-8-10-18-36(32)44-37/h1-25H. The zero-order valence-electron chi connectivity index (χ0n) is 23.7. The number of hydrogen-bond donors (Lipinski definition) is 0. The van der Waals surface area contributed by atoms with Crippen molar-refractivity contribution in [3.05, 3.63) is 152 Å². The molecule has 9 aromatic rings. The summed E-state index contributed by atoms with van der Waals surface area (Å²) in [7, 11) is 0. The molecule has 0 N–H and O–H groups in total. The van der Waals surface area contributed by atoms with Gasteiger partial charge in [0.25, 0.3) is 0 Å². The van der Waals surface area contributed by atoms with Gasteiger partial charge < -0.3 is 8.98 Å². The van der Waals surface area contributed by atoms with Gasteiger partial charge in [-0.1, -0.05) is 97.1 Å². The fourth-order valence-electron chi connectivity index (χ4n) is 6.38. The highest BCUT2D eigenvalue weighted by atomic mass is 16.3. The quantitative estimate of drug-likeness (QED) is 0.214. The van der Waals surface area contributed by atoms with Gasteiger partial charge in [0.15, 0.2) is 5.82 Å². The minimum Gasteiger partial charge on any atom is -0.456 e. The molecule has 0 aliphatic heterocycles. The van der Waals surface area contributed by atoms with Gasteiger partial charge in [0.05, 0.1) is 27.8 Å². The Hall–Kier alpha value is -6.00. The fourth-order valence-corrected chi connectivity index (χ4v) is 6.38. The van der Waals surface area contributed by atoms with E-state index >= 15 is 0 Å². The molecule has 0 radical (unpaired) electrons. The minimum atomic E-state index is 0.696. The van der Waals surface area contributed by atoms with E-state index in [1.165, 1.54) is 10.8 Å². The van der Waals surface area contributed by atoms with E-state index < -0.39 is 0 Å². The van der Waals surface area contributed by atoms with Gasteiger partial charge in [0.1, 0.15) is 11.2 Å². The third-order valence-corrected chi connectivity index (χ3v) is 8.42. The molecule has 9 rings (SSSR count). The maximum absolute atomic E-state index is 6.29. The highest BCUT2D eigenvalue weighted by molar-refractivity contribution is 6.24. The third-order valence-electron chi connectivity index (χ3n) is 8.42. The Kier molecular flexibility index (Phi) is 5.47. The van der Waals surface area contributed by atoms with Crippen molar-refractivity contribution >= 4 is 43.7 Å². The van der Waals surface area contributed by atoms with Crippen molar-refractivity contribution < 1.29 is 4.42 Å². The molecule has 6 aromatic carbocycles. The zero-order chi connectivity index (χ0) is 29.0. The van der Waals surface area contributed by atoms with E-state index in [0.717, 1.165) is 66.7 Å². The average Bonchev–Trinajstić information content (AvgIpc) is 3.65. The molecule has 0 aliphatic carbocycles. The van der Waals surface area contributed by atoms with Crippen LogP contribution in [0.3, 0.4) is 0 Å². The Morgan fingerprint density at radius 3 is 1.77 bits per heavy atom. The molecule has 0 amide bonds. The molecule has 0 saturated heterocycles. The molecule has 0 unspecified atom stereocenters. The lowest BCUT2D eigenvalue weighted by atomic mass is 10.1. The van der Waals surface area contributed by atoms with Gasteiger partial charge in [-0.15, -0.1) is 0 Å².